The maximum Gasteiger partial charge on any atom is 0.259 e. The molecule has 0 bridgehead atoms. The lowest BCUT2D eigenvalue weighted by Gasteiger charge is -2.11. The van der Waals surface area contributed by atoms with Gasteiger partial charge in [-0.3, -0.25) is 9.59 Å². The number of ether oxygens (including phenoxy) is 1. The number of hydrogen-bond acceptors (Lipinski definition) is 3. The molecule has 0 aliphatic rings. The molecule has 0 saturated heterocycles. The molecule has 124 valence electrons. The molecule has 4 heteroatoms. The first-order valence-electron chi connectivity index (χ1n) is 7.68. The number of allylic oxidation sites excluding steroid dienone is 1. The van der Waals surface area contributed by atoms with Crippen LogP contribution in [0.2, 0.25) is 0 Å². The third-order valence-electron chi connectivity index (χ3n) is 3.48. The molecule has 0 aliphatic carbocycles. The zero-order valence-electron chi connectivity index (χ0n) is 14.2. The number of ketones is 1. The van der Waals surface area contributed by atoms with Crippen molar-refractivity contribution in [1.82, 2.24) is 4.90 Å². The minimum Gasteiger partial charge on any atom is -0.484 e. The Balaban J connectivity index is 2.03. The fourth-order valence-corrected chi connectivity index (χ4v) is 1.96. The topological polar surface area (TPSA) is 46.6 Å². The molecule has 0 aromatic heterocycles. The van der Waals surface area contributed by atoms with E-state index in [0.717, 1.165) is 5.56 Å². The van der Waals surface area contributed by atoms with Crippen LogP contribution in [0, 0.1) is 6.92 Å². The van der Waals surface area contributed by atoms with Gasteiger partial charge in [0.15, 0.2) is 12.4 Å². The second-order valence-electron chi connectivity index (χ2n) is 5.71. The van der Waals surface area contributed by atoms with Crippen LogP contribution in [-0.2, 0) is 4.79 Å². The van der Waals surface area contributed by atoms with Gasteiger partial charge in [0.05, 0.1) is 0 Å². The van der Waals surface area contributed by atoms with E-state index in [0.29, 0.717) is 11.3 Å². The maximum atomic E-state index is 12.3. The van der Waals surface area contributed by atoms with Crippen molar-refractivity contribution >= 4 is 17.8 Å². The molecule has 1 amide bonds. The molecule has 2 rings (SSSR count). The van der Waals surface area contributed by atoms with Crippen LogP contribution in [0.3, 0.4) is 0 Å². The van der Waals surface area contributed by atoms with Gasteiger partial charge in [-0.15, -0.1) is 0 Å². The summed E-state index contributed by atoms with van der Waals surface area (Å²) in [5.41, 5.74) is 2.67. The summed E-state index contributed by atoms with van der Waals surface area (Å²) in [6.07, 6.45) is 3.32. The van der Waals surface area contributed by atoms with E-state index >= 15 is 0 Å². The summed E-state index contributed by atoms with van der Waals surface area (Å²) in [4.78, 5) is 25.3. The fourth-order valence-electron chi connectivity index (χ4n) is 1.96. The van der Waals surface area contributed by atoms with Crippen LogP contribution in [0.1, 0.15) is 21.5 Å². The molecular weight excluding hydrogens is 302 g/mol. The molecule has 24 heavy (non-hydrogen) atoms. The first-order chi connectivity index (χ1) is 11.5. The normalized spacial score (nSPS) is 10.6. The third-order valence-corrected chi connectivity index (χ3v) is 3.48. The van der Waals surface area contributed by atoms with Crippen molar-refractivity contribution in [2.75, 3.05) is 20.7 Å². The highest BCUT2D eigenvalue weighted by molar-refractivity contribution is 6.07. The van der Waals surface area contributed by atoms with Crippen molar-refractivity contribution in [2.45, 2.75) is 6.92 Å². The van der Waals surface area contributed by atoms with Gasteiger partial charge in [0.2, 0.25) is 0 Å². The molecule has 0 N–H and O–H groups in total. The largest absolute Gasteiger partial charge is 0.484 e. The summed E-state index contributed by atoms with van der Waals surface area (Å²) < 4.78 is 5.43. The molecule has 0 aliphatic heterocycles. The van der Waals surface area contributed by atoms with E-state index in [-0.39, 0.29) is 18.3 Å². The SMILES string of the molecule is Cc1ccc(/C=C/C(=O)c2cccc(OCC(=O)N(C)C)c2)cc1. The van der Waals surface area contributed by atoms with Crippen molar-refractivity contribution in [3.05, 3.63) is 71.3 Å². The average Bonchev–Trinajstić information content (AvgIpc) is 2.59. The Hall–Kier alpha value is -2.88. The van der Waals surface area contributed by atoms with E-state index in [1.54, 1.807) is 44.4 Å². The van der Waals surface area contributed by atoms with Gasteiger partial charge < -0.3 is 9.64 Å². The molecule has 2 aromatic rings. The molecule has 0 spiro atoms. The highest BCUT2D eigenvalue weighted by Crippen LogP contribution is 2.15. The van der Waals surface area contributed by atoms with Crippen molar-refractivity contribution in [3.8, 4) is 5.75 Å². The third kappa shape index (κ3) is 5.09. The van der Waals surface area contributed by atoms with E-state index in [9.17, 15) is 9.59 Å². The molecule has 0 saturated carbocycles. The Morgan fingerprint density at radius 3 is 2.46 bits per heavy atom. The number of aryl methyl sites for hydroxylation is 1. The standard InChI is InChI=1S/C20H21NO3/c1-15-7-9-16(10-8-15)11-12-19(22)17-5-4-6-18(13-17)24-14-20(23)21(2)3/h4-13H,14H2,1-3H3/b12-11+. The van der Waals surface area contributed by atoms with E-state index in [1.165, 1.54) is 16.5 Å². The molecule has 0 unspecified atom stereocenters. The predicted molar refractivity (Wildman–Crippen MR) is 95.2 cm³/mol. The van der Waals surface area contributed by atoms with Gasteiger partial charge >= 0.3 is 0 Å². The first-order valence-corrected chi connectivity index (χ1v) is 7.68. The van der Waals surface area contributed by atoms with E-state index in [4.69, 9.17) is 4.74 Å². The van der Waals surface area contributed by atoms with Gasteiger partial charge in [0.1, 0.15) is 5.75 Å². The monoisotopic (exact) mass is 323 g/mol. The number of hydrogen-bond donors (Lipinski definition) is 0. The van der Waals surface area contributed by atoms with Gasteiger partial charge in [-0.2, -0.15) is 0 Å². The summed E-state index contributed by atoms with van der Waals surface area (Å²) in [5.74, 6) is 0.255. The predicted octanol–water partition coefficient (Wildman–Crippen LogP) is 3.36. The second kappa shape index (κ2) is 8.11. The Morgan fingerprint density at radius 1 is 1.08 bits per heavy atom. The van der Waals surface area contributed by atoms with Gasteiger partial charge in [0, 0.05) is 19.7 Å². The van der Waals surface area contributed by atoms with Gasteiger partial charge in [-0.1, -0.05) is 48.0 Å². The van der Waals surface area contributed by atoms with Crippen LogP contribution in [0.25, 0.3) is 6.08 Å². The number of rotatable bonds is 6. The molecule has 0 atom stereocenters. The minimum absolute atomic E-state index is 0.0517. The zero-order chi connectivity index (χ0) is 17.5. The highest BCUT2D eigenvalue weighted by Gasteiger charge is 2.07. The lowest BCUT2D eigenvalue weighted by atomic mass is 10.1. The number of benzene rings is 2. The Kier molecular flexibility index (Phi) is 5.90. The molecular formula is C20H21NO3. The average molecular weight is 323 g/mol. The summed E-state index contributed by atoms with van der Waals surface area (Å²) in [6, 6.07) is 14.8. The van der Waals surface area contributed by atoms with Gasteiger partial charge in [0.25, 0.3) is 5.91 Å². The van der Waals surface area contributed by atoms with Crippen LogP contribution in [-0.4, -0.2) is 37.3 Å². The molecule has 0 heterocycles. The van der Waals surface area contributed by atoms with Gasteiger partial charge in [-0.05, 0) is 30.7 Å². The Labute approximate surface area is 142 Å². The summed E-state index contributed by atoms with van der Waals surface area (Å²) in [5, 5.41) is 0. The number of likely N-dealkylation sites (N-methyl/N-ethyl adjacent to an activating group) is 1. The molecule has 0 radical (unpaired) electrons. The van der Waals surface area contributed by atoms with E-state index in [2.05, 4.69) is 0 Å². The number of nitrogens with zero attached hydrogens (tertiary/aromatic N) is 1. The lowest BCUT2D eigenvalue weighted by Crippen LogP contribution is -2.27. The van der Waals surface area contributed by atoms with Crippen LogP contribution >= 0.6 is 0 Å². The number of amides is 1. The smallest absolute Gasteiger partial charge is 0.259 e. The summed E-state index contributed by atoms with van der Waals surface area (Å²) in [7, 11) is 3.34. The van der Waals surface area contributed by atoms with Crippen LogP contribution in [0.5, 0.6) is 5.75 Å². The van der Waals surface area contributed by atoms with E-state index in [1.807, 2.05) is 31.2 Å². The second-order valence-corrected chi connectivity index (χ2v) is 5.71. The number of carbonyl (C=O) groups is 2. The fraction of sp³-hybridized carbons (Fsp3) is 0.200. The summed E-state index contributed by atoms with van der Waals surface area (Å²) >= 11 is 0. The first kappa shape index (κ1) is 17.5. The van der Waals surface area contributed by atoms with Crippen LogP contribution in [0.15, 0.2) is 54.6 Å². The van der Waals surface area contributed by atoms with Crippen molar-refractivity contribution in [2.24, 2.45) is 0 Å². The Bertz CT molecular complexity index is 746. The molecule has 4 nitrogen and oxygen atoms in total. The summed E-state index contributed by atoms with van der Waals surface area (Å²) in [6.45, 7) is 1.97. The lowest BCUT2D eigenvalue weighted by molar-refractivity contribution is -0.130. The number of carbonyl (C=O) groups excluding carboxylic acids is 2. The van der Waals surface area contributed by atoms with Crippen LogP contribution < -0.4 is 4.74 Å². The van der Waals surface area contributed by atoms with E-state index < -0.39 is 0 Å². The quantitative estimate of drug-likeness (QED) is 0.605. The van der Waals surface area contributed by atoms with Crippen molar-refractivity contribution < 1.29 is 14.3 Å². The molecule has 0 fully saturated rings. The van der Waals surface area contributed by atoms with Crippen molar-refractivity contribution in [1.29, 1.82) is 0 Å². The van der Waals surface area contributed by atoms with Crippen molar-refractivity contribution in [3.63, 3.8) is 0 Å². The Morgan fingerprint density at radius 2 is 1.79 bits per heavy atom. The van der Waals surface area contributed by atoms with Gasteiger partial charge in [-0.25, -0.2) is 0 Å². The maximum absolute atomic E-state index is 12.3. The van der Waals surface area contributed by atoms with Crippen LogP contribution in [0.4, 0.5) is 0 Å². The minimum atomic E-state index is -0.133. The zero-order valence-corrected chi connectivity index (χ0v) is 14.2. The molecule has 2 aromatic carbocycles. The highest BCUT2D eigenvalue weighted by atomic mass is 16.5.